The quantitative estimate of drug-likeness (QED) is 0.214. The summed E-state index contributed by atoms with van der Waals surface area (Å²) in [5.74, 6) is 1.55. The van der Waals surface area contributed by atoms with Crippen LogP contribution in [0, 0.1) is 33.5 Å². The molecule has 3 heterocycles. The van der Waals surface area contributed by atoms with Crippen molar-refractivity contribution >= 4 is 21.8 Å². The second kappa shape index (κ2) is 10.00. The molecule has 0 atom stereocenters. The predicted octanol–water partition coefficient (Wildman–Crippen LogP) is 9.20. The minimum Gasteiger partial charge on any atom is -0.457 e. The molecule has 0 fully saturated rings. The van der Waals surface area contributed by atoms with E-state index < -0.39 is 0 Å². The minimum atomic E-state index is -0.333. The van der Waals surface area contributed by atoms with E-state index in [1.807, 2.05) is 69.9 Å². The second-order valence-corrected chi connectivity index (χ2v) is 10.7. The summed E-state index contributed by atoms with van der Waals surface area (Å²) >= 11 is 0. The van der Waals surface area contributed by atoms with Crippen LogP contribution >= 0.6 is 0 Å². The molecule has 0 bridgehead atoms. The first-order valence-electron chi connectivity index (χ1n) is 14.0. The lowest BCUT2D eigenvalue weighted by Crippen LogP contribution is -2.00. The molecule has 3 aromatic heterocycles. The van der Waals surface area contributed by atoms with Gasteiger partial charge in [0.15, 0.2) is 0 Å². The first kappa shape index (κ1) is 25.7. The number of fused-ring (bicyclic) bond motifs is 3. The largest absolute Gasteiger partial charge is 0.457 e. The lowest BCUT2D eigenvalue weighted by molar-refractivity contribution is 0.482. The fourth-order valence-corrected chi connectivity index (χ4v) is 6.06. The van der Waals surface area contributed by atoms with Crippen LogP contribution in [-0.2, 0) is 0 Å². The summed E-state index contributed by atoms with van der Waals surface area (Å²) in [4.78, 5) is 4.46. The summed E-state index contributed by atoms with van der Waals surface area (Å²) in [6.07, 6.45) is 1.49. The van der Waals surface area contributed by atoms with Crippen molar-refractivity contribution in [2.75, 3.05) is 0 Å². The molecular formula is C36H29FN4O. The van der Waals surface area contributed by atoms with E-state index in [0.29, 0.717) is 17.3 Å². The molecule has 0 saturated heterocycles. The molecule has 42 heavy (non-hydrogen) atoms. The predicted molar refractivity (Wildman–Crippen MR) is 167 cm³/mol. The van der Waals surface area contributed by atoms with Gasteiger partial charge in [0.2, 0.25) is 0 Å². The SMILES string of the molecule is Cc1cccc(C)c1-c1c(C)nn(-c2cccc(Oc3ccc4c5ccccc5n(-c5cc(F)ccn5)c4c3)c2)c1C. The highest BCUT2D eigenvalue weighted by Gasteiger charge is 2.19. The lowest BCUT2D eigenvalue weighted by Gasteiger charge is -2.12. The molecule has 4 aromatic carbocycles. The van der Waals surface area contributed by atoms with Crippen LogP contribution in [0.5, 0.6) is 11.5 Å². The summed E-state index contributed by atoms with van der Waals surface area (Å²) in [5, 5.41) is 7.03. The average molecular weight is 553 g/mol. The Morgan fingerprint density at radius 3 is 2.21 bits per heavy atom. The third-order valence-corrected chi connectivity index (χ3v) is 7.90. The number of pyridine rings is 1. The van der Waals surface area contributed by atoms with Gasteiger partial charge in [0.05, 0.1) is 22.4 Å². The maximum atomic E-state index is 14.2. The fourth-order valence-electron chi connectivity index (χ4n) is 6.06. The summed E-state index contributed by atoms with van der Waals surface area (Å²) in [6, 6.07) is 31.2. The number of halogens is 1. The van der Waals surface area contributed by atoms with Gasteiger partial charge < -0.3 is 4.74 Å². The van der Waals surface area contributed by atoms with Crippen molar-refractivity contribution in [3.05, 3.63) is 132 Å². The van der Waals surface area contributed by atoms with E-state index in [1.165, 1.54) is 40.6 Å². The van der Waals surface area contributed by atoms with E-state index in [1.54, 1.807) is 0 Å². The van der Waals surface area contributed by atoms with E-state index in [2.05, 4.69) is 56.9 Å². The zero-order chi connectivity index (χ0) is 29.0. The molecule has 0 spiro atoms. The van der Waals surface area contributed by atoms with Gasteiger partial charge in [-0.1, -0.05) is 42.5 Å². The molecule has 7 rings (SSSR count). The summed E-state index contributed by atoms with van der Waals surface area (Å²) in [6.45, 7) is 8.47. The Bertz CT molecular complexity index is 2120. The van der Waals surface area contributed by atoms with E-state index in [9.17, 15) is 4.39 Å². The van der Waals surface area contributed by atoms with Crippen molar-refractivity contribution < 1.29 is 9.13 Å². The number of hydrogen-bond donors (Lipinski definition) is 0. The minimum absolute atomic E-state index is 0.333. The van der Waals surface area contributed by atoms with Gasteiger partial charge in [-0.2, -0.15) is 5.10 Å². The highest BCUT2D eigenvalue weighted by Crippen LogP contribution is 2.36. The maximum absolute atomic E-state index is 14.2. The van der Waals surface area contributed by atoms with Crippen molar-refractivity contribution in [1.82, 2.24) is 19.3 Å². The smallest absolute Gasteiger partial charge is 0.140 e. The Balaban J connectivity index is 1.29. The third kappa shape index (κ3) is 4.23. The normalized spacial score (nSPS) is 11.5. The summed E-state index contributed by atoms with van der Waals surface area (Å²) in [5.41, 5.74) is 9.71. The molecule has 0 aliphatic rings. The van der Waals surface area contributed by atoms with Crippen LogP contribution in [0.4, 0.5) is 4.39 Å². The number of ether oxygens (including phenoxy) is 1. The van der Waals surface area contributed by atoms with E-state index in [4.69, 9.17) is 9.84 Å². The molecule has 6 heteroatoms. The fraction of sp³-hybridized carbons (Fsp3) is 0.111. The van der Waals surface area contributed by atoms with Gasteiger partial charge in [-0.25, -0.2) is 14.1 Å². The van der Waals surface area contributed by atoms with Gasteiger partial charge in [0, 0.05) is 46.4 Å². The van der Waals surface area contributed by atoms with Gasteiger partial charge in [-0.15, -0.1) is 0 Å². The standard InChI is InChI=1S/C36H29FN4O/c1-22-9-7-10-23(2)35(22)36-24(3)39-41(25(36)4)27-11-8-12-28(20-27)42-29-15-16-31-30-13-5-6-14-32(30)40(33(31)21-29)34-19-26(37)17-18-38-34/h5-21H,1-4H3. The molecule has 0 aliphatic carbocycles. The van der Waals surface area contributed by atoms with Gasteiger partial charge in [-0.3, -0.25) is 4.57 Å². The maximum Gasteiger partial charge on any atom is 0.140 e. The number of para-hydroxylation sites is 1. The number of rotatable bonds is 5. The Morgan fingerprint density at radius 1 is 0.667 bits per heavy atom. The number of aromatic nitrogens is 4. The molecule has 0 unspecified atom stereocenters. The van der Waals surface area contributed by atoms with E-state index in [0.717, 1.165) is 38.9 Å². The molecule has 7 aromatic rings. The number of benzene rings is 4. The number of hydrogen-bond acceptors (Lipinski definition) is 3. The van der Waals surface area contributed by atoms with Crippen LogP contribution in [0.1, 0.15) is 22.5 Å². The molecule has 0 amide bonds. The summed E-state index contributed by atoms with van der Waals surface area (Å²) in [7, 11) is 0. The van der Waals surface area contributed by atoms with Crippen LogP contribution in [0.3, 0.4) is 0 Å². The summed E-state index contributed by atoms with van der Waals surface area (Å²) < 4.78 is 24.6. The van der Waals surface area contributed by atoms with Gasteiger partial charge >= 0.3 is 0 Å². The lowest BCUT2D eigenvalue weighted by atomic mass is 9.94. The first-order chi connectivity index (χ1) is 20.4. The number of aryl methyl sites for hydroxylation is 3. The van der Waals surface area contributed by atoms with Crippen LogP contribution < -0.4 is 4.74 Å². The molecule has 206 valence electrons. The molecule has 0 saturated carbocycles. The molecule has 0 radical (unpaired) electrons. The van der Waals surface area contributed by atoms with Gasteiger partial charge in [0.1, 0.15) is 23.1 Å². The van der Waals surface area contributed by atoms with Crippen molar-refractivity contribution in [3.63, 3.8) is 0 Å². The Labute approximate surface area is 243 Å². The van der Waals surface area contributed by atoms with Gasteiger partial charge in [-0.05, 0) is 80.8 Å². The van der Waals surface area contributed by atoms with Crippen molar-refractivity contribution in [2.24, 2.45) is 0 Å². The van der Waals surface area contributed by atoms with E-state index in [-0.39, 0.29) is 5.82 Å². The van der Waals surface area contributed by atoms with Crippen molar-refractivity contribution in [2.45, 2.75) is 27.7 Å². The first-order valence-corrected chi connectivity index (χ1v) is 14.0. The number of nitrogens with zero attached hydrogens (tertiary/aromatic N) is 4. The topological polar surface area (TPSA) is 44.9 Å². The molecule has 0 aliphatic heterocycles. The van der Waals surface area contributed by atoms with Crippen LogP contribution in [0.15, 0.2) is 103 Å². The van der Waals surface area contributed by atoms with Crippen molar-refractivity contribution in [1.29, 1.82) is 0 Å². The monoisotopic (exact) mass is 552 g/mol. The average Bonchev–Trinajstić information content (AvgIpc) is 3.46. The highest BCUT2D eigenvalue weighted by atomic mass is 19.1. The molecule has 0 N–H and O–H groups in total. The Hall–Kier alpha value is -5.23. The molecule has 5 nitrogen and oxygen atoms in total. The van der Waals surface area contributed by atoms with Crippen LogP contribution in [0.2, 0.25) is 0 Å². The zero-order valence-corrected chi connectivity index (χ0v) is 23.9. The van der Waals surface area contributed by atoms with Crippen molar-refractivity contribution in [3.8, 4) is 34.1 Å². The van der Waals surface area contributed by atoms with Crippen LogP contribution in [-0.4, -0.2) is 19.3 Å². The highest BCUT2D eigenvalue weighted by molar-refractivity contribution is 6.09. The van der Waals surface area contributed by atoms with Gasteiger partial charge in [0.25, 0.3) is 0 Å². The Kier molecular flexibility index (Phi) is 6.12. The molecular weight excluding hydrogens is 523 g/mol. The second-order valence-electron chi connectivity index (χ2n) is 10.7. The van der Waals surface area contributed by atoms with Crippen LogP contribution in [0.25, 0.3) is 44.4 Å². The Morgan fingerprint density at radius 2 is 1.40 bits per heavy atom. The zero-order valence-electron chi connectivity index (χ0n) is 23.9. The van der Waals surface area contributed by atoms with E-state index >= 15 is 0 Å². The third-order valence-electron chi connectivity index (χ3n) is 7.90.